The van der Waals surface area contributed by atoms with Crippen LogP contribution >= 0.6 is 11.6 Å². The van der Waals surface area contributed by atoms with Gasteiger partial charge in [0.2, 0.25) is 0 Å². The van der Waals surface area contributed by atoms with E-state index in [9.17, 15) is 13.2 Å². The second kappa shape index (κ2) is 5.00. The predicted octanol–water partition coefficient (Wildman–Crippen LogP) is 4.67. The van der Waals surface area contributed by atoms with E-state index < -0.39 is 11.7 Å². The molecule has 1 aliphatic carbocycles. The molecule has 1 N–H and O–H groups in total. The van der Waals surface area contributed by atoms with E-state index in [4.69, 9.17) is 11.6 Å². The van der Waals surface area contributed by atoms with Crippen LogP contribution in [0.25, 0.3) is 0 Å². The summed E-state index contributed by atoms with van der Waals surface area (Å²) in [5.41, 5.74) is -0.878. The lowest BCUT2D eigenvalue weighted by molar-refractivity contribution is -0.137. The SMILES string of the molecule is FC(F)(F)c1ccccc1NC1(CCl)CCCC1. The summed E-state index contributed by atoms with van der Waals surface area (Å²) in [6.07, 6.45) is -0.678. The van der Waals surface area contributed by atoms with Crippen LogP contribution in [0.1, 0.15) is 31.2 Å². The maximum absolute atomic E-state index is 12.9. The van der Waals surface area contributed by atoms with Gasteiger partial charge in [0, 0.05) is 11.6 Å². The van der Waals surface area contributed by atoms with Crippen molar-refractivity contribution in [3.05, 3.63) is 29.8 Å². The minimum Gasteiger partial charge on any atom is -0.378 e. The highest BCUT2D eigenvalue weighted by Crippen LogP contribution is 2.39. The summed E-state index contributed by atoms with van der Waals surface area (Å²) in [5.74, 6) is 0.333. The summed E-state index contributed by atoms with van der Waals surface area (Å²) in [4.78, 5) is 0. The third-order valence-electron chi connectivity index (χ3n) is 3.45. The monoisotopic (exact) mass is 277 g/mol. The van der Waals surface area contributed by atoms with Gasteiger partial charge in [-0.1, -0.05) is 25.0 Å². The zero-order chi connectivity index (χ0) is 13.2. The maximum Gasteiger partial charge on any atom is 0.418 e. The fourth-order valence-electron chi connectivity index (χ4n) is 2.47. The van der Waals surface area contributed by atoms with E-state index in [-0.39, 0.29) is 11.2 Å². The smallest absolute Gasteiger partial charge is 0.378 e. The minimum absolute atomic E-state index is 0.132. The zero-order valence-electron chi connectivity index (χ0n) is 9.86. The number of para-hydroxylation sites is 1. The van der Waals surface area contributed by atoms with Gasteiger partial charge in [0.05, 0.1) is 11.1 Å². The van der Waals surface area contributed by atoms with Gasteiger partial charge in [-0.15, -0.1) is 11.6 Å². The lowest BCUT2D eigenvalue weighted by Gasteiger charge is -2.30. The molecule has 2 rings (SSSR count). The van der Waals surface area contributed by atoms with Crippen LogP contribution in [0.3, 0.4) is 0 Å². The fourth-order valence-corrected chi connectivity index (χ4v) is 2.80. The van der Waals surface area contributed by atoms with Crippen LogP contribution in [0.15, 0.2) is 24.3 Å². The van der Waals surface area contributed by atoms with Crippen LogP contribution in [0.4, 0.5) is 18.9 Å². The van der Waals surface area contributed by atoms with Crippen molar-refractivity contribution in [2.24, 2.45) is 0 Å². The third kappa shape index (κ3) is 2.74. The summed E-state index contributed by atoms with van der Waals surface area (Å²) in [6.45, 7) is 0. The van der Waals surface area contributed by atoms with E-state index in [0.29, 0.717) is 5.88 Å². The Morgan fingerprint density at radius 2 is 1.78 bits per heavy atom. The molecule has 0 unspecified atom stereocenters. The number of hydrogen-bond donors (Lipinski definition) is 1. The molecule has 0 amide bonds. The standard InChI is InChI=1S/C13H15ClF3N/c14-9-12(7-3-4-8-12)18-11-6-2-1-5-10(11)13(15,16)17/h1-2,5-6,18H,3-4,7-9H2. The van der Waals surface area contributed by atoms with Crippen LogP contribution < -0.4 is 5.32 Å². The second-order valence-corrected chi connectivity index (χ2v) is 5.06. The molecule has 0 bridgehead atoms. The van der Waals surface area contributed by atoms with Gasteiger partial charge in [-0.25, -0.2) is 0 Å². The van der Waals surface area contributed by atoms with E-state index in [0.717, 1.165) is 31.7 Å². The van der Waals surface area contributed by atoms with Gasteiger partial charge in [0.25, 0.3) is 0 Å². The molecular weight excluding hydrogens is 263 g/mol. The molecule has 0 heterocycles. The van der Waals surface area contributed by atoms with Crippen molar-refractivity contribution in [1.29, 1.82) is 0 Å². The first-order valence-corrected chi connectivity index (χ1v) is 6.51. The summed E-state index contributed by atoms with van der Waals surface area (Å²) in [6, 6.07) is 5.57. The number of hydrogen-bond acceptors (Lipinski definition) is 1. The van der Waals surface area contributed by atoms with Gasteiger partial charge < -0.3 is 5.32 Å². The van der Waals surface area contributed by atoms with Crippen molar-refractivity contribution in [3.8, 4) is 0 Å². The van der Waals surface area contributed by atoms with Crippen molar-refractivity contribution >= 4 is 17.3 Å². The topological polar surface area (TPSA) is 12.0 Å². The average molecular weight is 278 g/mol. The van der Waals surface area contributed by atoms with Crippen LogP contribution in [0.2, 0.25) is 0 Å². The number of rotatable bonds is 3. The molecule has 18 heavy (non-hydrogen) atoms. The molecule has 1 aliphatic rings. The number of alkyl halides is 4. The number of nitrogens with one attached hydrogen (secondary N) is 1. The molecule has 5 heteroatoms. The number of anilines is 1. The third-order valence-corrected chi connectivity index (χ3v) is 3.96. The molecular formula is C13H15ClF3N. The first-order chi connectivity index (χ1) is 8.47. The number of benzene rings is 1. The van der Waals surface area contributed by atoms with Crippen molar-refractivity contribution in [1.82, 2.24) is 0 Å². The quantitative estimate of drug-likeness (QED) is 0.792. The Kier molecular flexibility index (Phi) is 3.76. The van der Waals surface area contributed by atoms with Crippen LogP contribution in [-0.2, 0) is 6.18 Å². The van der Waals surface area contributed by atoms with Crippen molar-refractivity contribution in [2.75, 3.05) is 11.2 Å². The summed E-state index contributed by atoms with van der Waals surface area (Å²) in [7, 11) is 0. The summed E-state index contributed by atoms with van der Waals surface area (Å²) < 4.78 is 38.6. The lowest BCUT2D eigenvalue weighted by atomic mass is 9.99. The molecule has 0 saturated heterocycles. The molecule has 0 aliphatic heterocycles. The van der Waals surface area contributed by atoms with E-state index in [1.165, 1.54) is 12.1 Å². The average Bonchev–Trinajstić information content (AvgIpc) is 2.78. The first kappa shape index (κ1) is 13.5. The molecule has 1 saturated carbocycles. The van der Waals surface area contributed by atoms with Gasteiger partial charge in [-0.3, -0.25) is 0 Å². The normalized spacial score (nSPS) is 18.9. The highest BCUT2D eigenvalue weighted by atomic mass is 35.5. The Bertz CT molecular complexity index is 411. The molecule has 1 aromatic rings. The van der Waals surface area contributed by atoms with Gasteiger partial charge in [0.1, 0.15) is 0 Å². The summed E-state index contributed by atoms with van der Waals surface area (Å²) >= 11 is 5.94. The Morgan fingerprint density at radius 3 is 2.33 bits per heavy atom. The van der Waals surface area contributed by atoms with E-state index in [1.807, 2.05) is 0 Å². The van der Waals surface area contributed by atoms with Crippen molar-refractivity contribution < 1.29 is 13.2 Å². The molecule has 0 radical (unpaired) electrons. The molecule has 0 aromatic heterocycles. The number of halogens is 4. The first-order valence-electron chi connectivity index (χ1n) is 5.97. The predicted molar refractivity (Wildman–Crippen MR) is 67.0 cm³/mol. The van der Waals surface area contributed by atoms with E-state index in [2.05, 4.69) is 5.32 Å². The van der Waals surface area contributed by atoms with Gasteiger partial charge in [0.15, 0.2) is 0 Å². The molecule has 1 fully saturated rings. The van der Waals surface area contributed by atoms with Gasteiger partial charge >= 0.3 is 6.18 Å². The summed E-state index contributed by atoms with van der Waals surface area (Å²) in [5, 5.41) is 3.03. The highest BCUT2D eigenvalue weighted by molar-refractivity contribution is 6.18. The van der Waals surface area contributed by atoms with E-state index >= 15 is 0 Å². The van der Waals surface area contributed by atoms with Crippen LogP contribution in [0.5, 0.6) is 0 Å². The zero-order valence-corrected chi connectivity index (χ0v) is 10.6. The molecule has 100 valence electrons. The Balaban J connectivity index is 2.29. The van der Waals surface area contributed by atoms with Crippen molar-refractivity contribution in [3.63, 3.8) is 0 Å². The molecule has 1 aromatic carbocycles. The lowest BCUT2D eigenvalue weighted by Crippen LogP contribution is -2.37. The van der Waals surface area contributed by atoms with E-state index in [1.54, 1.807) is 6.07 Å². The molecule has 1 nitrogen and oxygen atoms in total. The Labute approximate surface area is 109 Å². The fraction of sp³-hybridized carbons (Fsp3) is 0.538. The minimum atomic E-state index is -4.34. The Hall–Kier alpha value is -0.900. The van der Waals surface area contributed by atoms with Gasteiger partial charge in [-0.2, -0.15) is 13.2 Å². The Morgan fingerprint density at radius 1 is 1.17 bits per heavy atom. The molecule has 0 atom stereocenters. The van der Waals surface area contributed by atoms with Gasteiger partial charge in [-0.05, 0) is 25.0 Å². The molecule has 0 spiro atoms. The van der Waals surface area contributed by atoms with Crippen LogP contribution in [-0.4, -0.2) is 11.4 Å². The van der Waals surface area contributed by atoms with Crippen molar-refractivity contribution in [2.45, 2.75) is 37.4 Å². The highest BCUT2D eigenvalue weighted by Gasteiger charge is 2.37. The second-order valence-electron chi connectivity index (χ2n) is 4.79. The van der Waals surface area contributed by atoms with Crippen LogP contribution in [0, 0.1) is 0 Å². The largest absolute Gasteiger partial charge is 0.418 e. The maximum atomic E-state index is 12.9.